The van der Waals surface area contributed by atoms with Crippen LogP contribution in [0, 0.1) is 10.1 Å². The zero-order valence-electron chi connectivity index (χ0n) is 10.7. The Bertz CT molecular complexity index is 372. The number of anilines is 1. The smallest absolute Gasteiger partial charge is 0.271 e. The van der Waals surface area contributed by atoms with Crippen molar-refractivity contribution in [2.45, 2.75) is 25.7 Å². The number of hydrogen-bond acceptors (Lipinski definition) is 4. The fourth-order valence-electron chi connectivity index (χ4n) is 1.69. The third kappa shape index (κ3) is 5.91. The van der Waals surface area contributed by atoms with Gasteiger partial charge in [-0.2, -0.15) is 11.8 Å². The summed E-state index contributed by atoms with van der Waals surface area (Å²) >= 11 is 1.89. The molecule has 18 heavy (non-hydrogen) atoms. The van der Waals surface area contributed by atoms with E-state index in [1.165, 1.54) is 31.1 Å². The molecule has 0 radical (unpaired) electrons. The fraction of sp³-hybridized carbons (Fsp3) is 0.538. The summed E-state index contributed by atoms with van der Waals surface area (Å²) in [6, 6.07) is 6.65. The van der Waals surface area contributed by atoms with Crippen LogP contribution in [0.25, 0.3) is 0 Å². The van der Waals surface area contributed by atoms with Crippen molar-refractivity contribution in [3.05, 3.63) is 34.4 Å². The van der Waals surface area contributed by atoms with Crippen LogP contribution in [-0.2, 0) is 0 Å². The van der Waals surface area contributed by atoms with E-state index < -0.39 is 0 Å². The molecule has 4 nitrogen and oxygen atoms in total. The SMILES string of the molecule is CSCCCCCCNc1cccc([N+](=O)[O-])c1. The summed E-state index contributed by atoms with van der Waals surface area (Å²) in [6.07, 6.45) is 6.98. The molecule has 0 aromatic heterocycles. The third-order valence-corrected chi connectivity index (χ3v) is 3.36. The highest BCUT2D eigenvalue weighted by atomic mass is 32.2. The number of nitrogens with zero attached hydrogens (tertiary/aromatic N) is 1. The maximum Gasteiger partial charge on any atom is 0.271 e. The van der Waals surface area contributed by atoms with Gasteiger partial charge < -0.3 is 5.32 Å². The number of hydrogen-bond donors (Lipinski definition) is 1. The average molecular weight is 268 g/mol. The molecular weight excluding hydrogens is 248 g/mol. The van der Waals surface area contributed by atoms with Crippen molar-refractivity contribution in [3.63, 3.8) is 0 Å². The minimum atomic E-state index is -0.367. The summed E-state index contributed by atoms with van der Waals surface area (Å²) in [5.41, 5.74) is 0.966. The van der Waals surface area contributed by atoms with Crippen LogP contribution in [0.4, 0.5) is 11.4 Å². The first-order chi connectivity index (χ1) is 8.74. The van der Waals surface area contributed by atoms with Gasteiger partial charge in [-0.3, -0.25) is 10.1 Å². The first-order valence-electron chi connectivity index (χ1n) is 6.21. The lowest BCUT2D eigenvalue weighted by atomic mass is 10.2. The van der Waals surface area contributed by atoms with Crippen LogP contribution < -0.4 is 5.32 Å². The Balaban J connectivity index is 2.19. The fourth-order valence-corrected chi connectivity index (χ4v) is 2.18. The zero-order chi connectivity index (χ0) is 13.2. The van der Waals surface area contributed by atoms with Crippen molar-refractivity contribution >= 4 is 23.1 Å². The molecule has 0 atom stereocenters. The lowest BCUT2D eigenvalue weighted by Gasteiger charge is -2.05. The predicted octanol–water partition coefficient (Wildman–Crippen LogP) is 3.93. The number of nitro benzene ring substituents is 1. The molecule has 0 amide bonds. The summed E-state index contributed by atoms with van der Waals surface area (Å²) in [5.74, 6) is 1.23. The monoisotopic (exact) mass is 268 g/mol. The van der Waals surface area contributed by atoms with Crippen LogP contribution in [0.1, 0.15) is 25.7 Å². The predicted molar refractivity (Wildman–Crippen MR) is 78.4 cm³/mol. The normalized spacial score (nSPS) is 10.3. The van der Waals surface area contributed by atoms with Crippen LogP contribution in [0.15, 0.2) is 24.3 Å². The Morgan fingerprint density at radius 2 is 2.06 bits per heavy atom. The summed E-state index contributed by atoms with van der Waals surface area (Å²) in [7, 11) is 0. The molecule has 1 aromatic carbocycles. The van der Waals surface area contributed by atoms with Gasteiger partial charge in [0.05, 0.1) is 4.92 Å². The van der Waals surface area contributed by atoms with Gasteiger partial charge in [0.25, 0.3) is 5.69 Å². The van der Waals surface area contributed by atoms with Crippen LogP contribution >= 0.6 is 11.8 Å². The Kier molecular flexibility index (Phi) is 7.25. The van der Waals surface area contributed by atoms with Crippen molar-refractivity contribution in [2.24, 2.45) is 0 Å². The third-order valence-electron chi connectivity index (χ3n) is 2.66. The second-order valence-corrected chi connectivity index (χ2v) is 5.13. The molecule has 1 aromatic rings. The number of nitro groups is 1. The van der Waals surface area contributed by atoms with E-state index in [4.69, 9.17) is 0 Å². The van der Waals surface area contributed by atoms with Gasteiger partial charge in [0.1, 0.15) is 0 Å². The number of thioether (sulfide) groups is 1. The second kappa shape index (κ2) is 8.80. The van der Waals surface area contributed by atoms with Gasteiger partial charge in [-0.25, -0.2) is 0 Å². The van der Waals surface area contributed by atoms with Crippen molar-refractivity contribution in [2.75, 3.05) is 23.9 Å². The summed E-state index contributed by atoms with van der Waals surface area (Å²) in [5, 5.41) is 13.8. The van der Waals surface area contributed by atoms with E-state index in [1.807, 2.05) is 17.8 Å². The van der Waals surface area contributed by atoms with E-state index in [0.29, 0.717) is 0 Å². The molecular formula is C13H20N2O2S. The van der Waals surface area contributed by atoms with Crippen molar-refractivity contribution in [1.82, 2.24) is 0 Å². The van der Waals surface area contributed by atoms with Gasteiger partial charge in [-0.1, -0.05) is 18.9 Å². The molecule has 0 aliphatic carbocycles. The van der Waals surface area contributed by atoms with Gasteiger partial charge in [0.15, 0.2) is 0 Å². The van der Waals surface area contributed by atoms with E-state index in [9.17, 15) is 10.1 Å². The highest BCUT2D eigenvalue weighted by Crippen LogP contribution is 2.17. The van der Waals surface area contributed by atoms with E-state index in [-0.39, 0.29) is 10.6 Å². The molecule has 0 bridgehead atoms. The largest absolute Gasteiger partial charge is 0.385 e. The Hall–Kier alpha value is -1.23. The molecule has 100 valence electrons. The Morgan fingerprint density at radius 1 is 1.28 bits per heavy atom. The number of unbranched alkanes of at least 4 members (excludes halogenated alkanes) is 3. The summed E-state index contributed by atoms with van der Waals surface area (Å²) in [6.45, 7) is 0.875. The van der Waals surface area contributed by atoms with E-state index in [0.717, 1.165) is 18.7 Å². The van der Waals surface area contributed by atoms with Gasteiger partial charge in [0, 0.05) is 24.4 Å². The standard InChI is InChI=1S/C13H20N2O2S/c1-18-10-5-3-2-4-9-14-12-7-6-8-13(11-12)15(16)17/h6-8,11,14H,2-5,9-10H2,1H3. The quantitative estimate of drug-likeness (QED) is 0.419. The molecule has 0 aliphatic rings. The number of nitrogens with one attached hydrogen (secondary N) is 1. The molecule has 0 spiro atoms. The molecule has 1 rings (SSSR count). The molecule has 0 saturated carbocycles. The van der Waals surface area contributed by atoms with E-state index >= 15 is 0 Å². The first-order valence-corrected chi connectivity index (χ1v) is 7.60. The molecule has 0 unspecified atom stereocenters. The minimum absolute atomic E-state index is 0.139. The van der Waals surface area contributed by atoms with E-state index in [1.54, 1.807) is 12.1 Å². The molecule has 0 saturated heterocycles. The van der Waals surface area contributed by atoms with Crippen LogP contribution in [0.5, 0.6) is 0 Å². The molecule has 0 aliphatic heterocycles. The van der Waals surface area contributed by atoms with Gasteiger partial charge in [-0.15, -0.1) is 0 Å². The van der Waals surface area contributed by atoms with Crippen LogP contribution in [0.2, 0.25) is 0 Å². The molecule has 0 fully saturated rings. The summed E-state index contributed by atoms with van der Waals surface area (Å²) in [4.78, 5) is 10.2. The topological polar surface area (TPSA) is 55.2 Å². The molecule has 0 heterocycles. The van der Waals surface area contributed by atoms with Crippen LogP contribution in [-0.4, -0.2) is 23.5 Å². The molecule has 5 heteroatoms. The van der Waals surface area contributed by atoms with Crippen molar-refractivity contribution in [1.29, 1.82) is 0 Å². The first kappa shape index (κ1) is 14.8. The lowest BCUT2D eigenvalue weighted by molar-refractivity contribution is -0.384. The average Bonchev–Trinajstić information content (AvgIpc) is 2.38. The Morgan fingerprint density at radius 3 is 2.78 bits per heavy atom. The van der Waals surface area contributed by atoms with Gasteiger partial charge >= 0.3 is 0 Å². The van der Waals surface area contributed by atoms with Gasteiger partial charge in [0.2, 0.25) is 0 Å². The van der Waals surface area contributed by atoms with Gasteiger partial charge in [-0.05, 0) is 30.9 Å². The van der Waals surface area contributed by atoms with Crippen LogP contribution in [0.3, 0.4) is 0 Å². The van der Waals surface area contributed by atoms with Crippen molar-refractivity contribution < 1.29 is 4.92 Å². The number of rotatable bonds is 9. The highest BCUT2D eigenvalue weighted by Gasteiger charge is 2.04. The lowest BCUT2D eigenvalue weighted by Crippen LogP contribution is -2.01. The van der Waals surface area contributed by atoms with E-state index in [2.05, 4.69) is 11.6 Å². The zero-order valence-corrected chi connectivity index (χ0v) is 11.5. The number of benzene rings is 1. The minimum Gasteiger partial charge on any atom is -0.385 e. The number of non-ortho nitro benzene ring substituents is 1. The summed E-state index contributed by atoms with van der Waals surface area (Å²) < 4.78 is 0. The highest BCUT2D eigenvalue weighted by molar-refractivity contribution is 7.98. The maximum atomic E-state index is 10.6. The second-order valence-electron chi connectivity index (χ2n) is 4.14. The molecule has 1 N–H and O–H groups in total. The van der Waals surface area contributed by atoms with Crippen molar-refractivity contribution in [3.8, 4) is 0 Å². The Labute approximate surface area is 112 Å². The maximum absolute atomic E-state index is 10.6.